The zero-order chi connectivity index (χ0) is 10.6. The van der Waals surface area contributed by atoms with Crippen molar-refractivity contribution in [2.75, 3.05) is 17.8 Å². The average molecular weight is 323 g/mol. The van der Waals surface area contributed by atoms with Crippen molar-refractivity contribution < 1.29 is 9.53 Å². The maximum absolute atomic E-state index is 11.0. The molecule has 0 radical (unpaired) electrons. The van der Waals surface area contributed by atoms with E-state index in [2.05, 4.69) is 37.2 Å². The van der Waals surface area contributed by atoms with Gasteiger partial charge < -0.3 is 10.1 Å². The molecule has 0 aliphatic carbocycles. The Morgan fingerprint density at radius 3 is 2.79 bits per heavy atom. The number of methoxy groups -OCH3 is 1. The van der Waals surface area contributed by atoms with Crippen molar-refractivity contribution in [2.45, 2.75) is 0 Å². The van der Waals surface area contributed by atoms with E-state index in [0.29, 0.717) is 0 Å². The molecule has 1 N–H and O–H groups in total. The molecular formula is C9H9Br2NO2. The first-order chi connectivity index (χ1) is 6.67. The van der Waals surface area contributed by atoms with Crippen LogP contribution in [0.4, 0.5) is 5.69 Å². The third-order valence-corrected chi connectivity index (χ3v) is 2.69. The lowest BCUT2D eigenvalue weighted by atomic mass is 10.3. The first-order valence-corrected chi connectivity index (χ1v) is 5.78. The summed E-state index contributed by atoms with van der Waals surface area (Å²) in [6.45, 7) is 0. The summed E-state index contributed by atoms with van der Waals surface area (Å²) in [6, 6.07) is 5.36. The predicted octanol–water partition coefficient (Wildman–Crippen LogP) is 2.79. The second kappa shape index (κ2) is 5.36. The Kier molecular flexibility index (Phi) is 4.41. The Morgan fingerprint density at radius 1 is 1.57 bits per heavy atom. The van der Waals surface area contributed by atoms with Gasteiger partial charge in [-0.1, -0.05) is 15.9 Å². The number of carbonyl (C=O) groups is 1. The monoisotopic (exact) mass is 321 g/mol. The summed E-state index contributed by atoms with van der Waals surface area (Å²) in [7, 11) is 1.59. The lowest BCUT2D eigenvalue weighted by Crippen LogP contribution is -2.12. The van der Waals surface area contributed by atoms with Crippen molar-refractivity contribution in [3.05, 3.63) is 22.7 Å². The van der Waals surface area contributed by atoms with Gasteiger partial charge >= 0.3 is 0 Å². The van der Waals surface area contributed by atoms with Gasteiger partial charge in [-0.2, -0.15) is 0 Å². The molecule has 0 unspecified atom stereocenters. The molecule has 14 heavy (non-hydrogen) atoms. The number of halogens is 2. The van der Waals surface area contributed by atoms with Crippen LogP contribution in [0.25, 0.3) is 0 Å². The van der Waals surface area contributed by atoms with Crippen molar-refractivity contribution in [1.82, 2.24) is 0 Å². The maximum Gasteiger partial charge on any atom is 0.235 e. The van der Waals surface area contributed by atoms with Crippen LogP contribution in [0, 0.1) is 0 Å². The fourth-order valence-electron chi connectivity index (χ4n) is 0.939. The Balaban J connectivity index is 2.81. The highest BCUT2D eigenvalue weighted by Crippen LogP contribution is 2.27. The van der Waals surface area contributed by atoms with Crippen molar-refractivity contribution in [3.63, 3.8) is 0 Å². The van der Waals surface area contributed by atoms with Gasteiger partial charge in [-0.05, 0) is 34.1 Å². The van der Waals surface area contributed by atoms with Gasteiger partial charge in [0.25, 0.3) is 0 Å². The van der Waals surface area contributed by atoms with Gasteiger partial charge in [0.1, 0.15) is 5.75 Å². The number of hydrogen-bond acceptors (Lipinski definition) is 2. The SMILES string of the molecule is COc1ccc(NC(=O)CBr)cc1Br. The average Bonchev–Trinajstić information content (AvgIpc) is 2.18. The normalized spacial score (nSPS) is 9.64. The lowest BCUT2D eigenvalue weighted by Gasteiger charge is -2.06. The molecular weight excluding hydrogens is 314 g/mol. The number of alkyl halides is 1. The Hall–Kier alpha value is -0.550. The van der Waals surface area contributed by atoms with Gasteiger partial charge in [0.2, 0.25) is 5.91 Å². The van der Waals surface area contributed by atoms with Crippen LogP contribution in [0.15, 0.2) is 22.7 Å². The Labute approximate surface area is 99.1 Å². The predicted molar refractivity (Wildman–Crippen MR) is 63.1 cm³/mol. The van der Waals surface area contributed by atoms with Crippen LogP contribution in [0.2, 0.25) is 0 Å². The second-order valence-electron chi connectivity index (χ2n) is 2.53. The van der Waals surface area contributed by atoms with Gasteiger partial charge in [0.05, 0.1) is 16.9 Å². The van der Waals surface area contributed by atoms with Crippen molar-refractivity contribution >= 4 is 43.5 Å². The molecule has 0 saturated heterocycles. The van der Waals surface area contributed by atoms with Gasteiger partial charge in [-0.25, -0.2) is 0 Å². The molecule has 0 atom stereocenters. The summed E-state index contributed by atoms with van der Waals surface area (Å²) >= 11 is 6.40. The first kappa shape index (κ1) is 11.5. The maximum atomic E-state index is 11.0. The molecule has 0 aromatic heterocycles. The number of benzene rings is 1. The van der Waals surface area contributed by atoms with E-state index < -0.39 is 0 Å². The fraction of sp³-hybridized carbons (Fsp3) is 0.222. The minimum Gasteiger partial charge on any atom is -0.496 e. The van der Waals surface area contributed by atoms with Crippen LogP contribution < -0.4 is 10.1 Å². The molecule has 0 saturated carbocycles. The molecule has 1 rings (SSSR count). The molecule has 1 aromatic rings. The van der Waals surface area contributed by atoms with Crippen LogP contribution in [0.5, 0.6) is 5.75 Å². The molecule has 76 valence electrons. The molecule has 0 heterocycles. The smallest absolute Gasteiger partial charge is 0.235 e. The minimum atomic E-state index is -0.0814. The van der Waals surface area contributed by atoms with Gasteiger partial charge in [-0.3, -0.25) is 4.79 Å². The second-order valence-corrected chi connectivity index (χ2v) is 3.95. The van der Waals surface area contributed by atoms with Crippen LogP contribution >= 0.6 is 31.9 Å². The summed E-state index contributed by atoms with van der Waals surface area (Å²) in [6.07, 6.45) is 0. The fourth-order valence-corrected chi connectivity index (χ4v) is 1.62. The molecule has 0 aliphatic heterocycles. The molecule has 0 aliphatic rings. The highest BCUT2D eigenvalue weighted by atomic mass is 79.9. The summed E-state index contributed by atoms with van der Waals surface area (Å²) in [4.78, 5) is 11.0. The summed E-state index contributed by atoms with van der Waals surface area (Å²) < 4.78 is 5.87. The molecule has 3 nitrogen and oxygen atoms in total. The number of ether oxygens (including phenoxy) is 1. The summed E-state index contributed by atoms with van der Waals surface area (Å²) in [5, 5.41) is 3.00. The van der Waals surface area contributed by atoms with Crippen molar-refractivity contribution in [3.8, 4) is 5.75 Å². The molecule has 0 bridgehead atoms. The van der Waals surface area contributed by atoms with E-state index in [1.165, 1.54) is 0 Å². The van der Waals surface area contributed by atoms with E-state index in [0.717, 1.165) is 15.9 Å². The van der Waals surface area contributed by atoms with Gasteiger partial charge in [-0.15, -0.1) is 0 Å². The third-order valence-electron chi connectivity index (χ3n) is 1.56. The number of anilines is 1. The third kappa shape index (κ3) is 2.99. The number of rotatable bonds is 3. The minimum absolute atomic E-state index is 0.0814. The molecule has 1 amide bonds. The van der Waals surface area contributed by atoms with E-state index >= 15 is 0 Å². The summed E-state index contributed by atoms with van der Waals surface area (Å²) in [5.41, 5.74) is 0.738. The molecule has 1 aromatic carbocycles. The van der Waals surface area contributed by atoms with Crippen LogP contribution in [-0.4, -0.2) is 18.3 Å². The van der Waals surface area contributed by atoms with E-state index in [1.54, 1.807) is 25.3 Å². The lowest BCUT2D eigenvalue weighted by molar-refractivity contribution is -0.113. The zero-order valence-corrected chi connectivity index (χ0v) is 10.7. The van der Waals surface area contributed by atoms with E-state index in [9.17, 15) is 4.79 Å². The van der Waals surface area contributed by atoms with Crippen LogP contribution in [0.1, 0.15) is 0 Å². The molecule has 5 heteroatoms. The first-order valence-electron chi connectivity index (χ1n) is 3.86. The van der Waals surface area contributed by atoms with Crippen molar-refractivity contribution in [1.29, 1.82) is 0 Å². The summed E-state index contributed by atoms with van der Waals surface area (Å²) in [5.74, 6) is 0.656. The quantitative estimate of drug-likeness (QED) is 0.869. The highest BCUT2D eigenvalue weighted by molar-refractivity contribution is 9.10. The van der Waals surface area contributed by atoms with Crippen molar-refractivity contribution in [2.24, 2.45) is 0 Å². The zero-order valence-electron chi connectivity index (χ0n) is 7.51. The number of amides is 1. The number of carbonyl (C=O) groups excluding carboxylic acids is 1. The van der Waals surface area contributed by atoms with Gasteiger partial charge in [0.15, 0.2) is 0 Å². The van der Waals surface area contributed by atoms with E-state index in [4.69, 9.17) is 4.74 Å². The molecule has 0 fully saturated rings. The molecule has 0 spiro atoms. The Morgan fingerprint density at radius 2 is 2.29 bits per heavy atom. The number of nitrogens with one attached hydrogen (secondary N) is 1. The van der Waals surface area contributed by atoms with Crippen LogP contribution in [-0.2, 0) is 4.79 Å². The number of hydrogen-bond donors (Lipinski definition) is 1. The van der Waals surface area contributed by atoms with E-state index in [-0.39, 0.29) is 11.2 Å². The van der Waals surface area contributed by atoms with Gasteiger partial charge in [0, 0.05) is 5.69 Å². The Bertz CT molecular complexity index is 342. The standard InChI is InChI=1S/C9H9Br2NO2/c1-14-8-3-2-6(4-7(8)11)12-9(13)5-10/h2-4H,5H2,1H3,(H,12,13). The van der Waals surface area contributed by atoms with Crippen LogP contribution in [0.3, 0.4) is 0 Å². The van der Waals surface area contributed by atoms with E-state index in [1.807, 2.05) is 0 Å². The largest absolute Gasteiger partial charge is 0.496 e. The topological polar surface area (TPSA) is 38.3 Å². The highest BCUT2D eigenvalue weighted by Gasteiger charge is 2.03.